The number of likely N-dealkylation sites (tertiary alicyclic amines) is 1. The van der Waals surface area contributed by atoms with E-state index in [4.69, 9.17) is 5.73 Å². The Kier molecular flexibility index (Phi) is 5.63. The molecule has 106 valence electrons. The van der Waals surface area contributed by atoms with Crippen molar-refractivity contribution in [2.75, 3.05) is 32.9 Å². The maximum absolute atomic E-state index is 12.3. The second-order valence-electron chi connectivity index (χ2n) is 5.11. The zero-order chi connectivity index (χ0) is 13.1. The van der Waals surface area contributed by atoms with Crippen LogP contribution in [0.2, 0.25) is 0 Å². The van der Waals surface area contributed by atoms with Crippen LogP contribution in [-0.2, 0) is 0 Å². The molecule has 2 rings (SSSR count). The number of hydrogen-bond acceptors (Lipinski definition) is 3. The summed E-state index contributed by atoms with van der Waals surface area (Å²) < 4.78 is 0. The topological polar surface area (TPSA) is 49.6 Å². The van der Waals surface area contributed by atoms with Gasteiger partial charge < -0.3 is 15.5 Å². The van der Waals surface area contributed by atoms with Gasteiger partial charge in [-0.3, -0.25) is 4.79 Å². The minimum atomic E-state index is 0. The second-order valence-corrected chi connectivity index (χ2v) is 5.11. The Morgan fingerprint density at radius 1 is 1.21 bits per heavy atom. The van der Waals surface area contributed by atoms with E-state index in [1.54, 1.807) is 24.3 Å². The first-order valence-electron chi connectivity index (χ1n) is 6.39. The molecule has 0 spiro atoms. The van der Waals surface area contributed by atoms with Crippen LogP contribution in [0, 0.1) is 0 Å². The Morgan fingerprint density at radius 3 is 2.21 bits per heavy atom. The number of nitrogen functional groups attached to an aromatic ring is 1. The molecule has 5 heteroatoms. The SMILES string of the molecule is CN(C)C1CCN(C(=O)c2ccc(N)cc2)CC1.Cl. The Morgan fingerprint density at radius 2 is 1.74 bits per heavy atom. The van der Waals surface area contributed by atoms with E-state index in [9.17, 15) is 4.79 Å². The maximum atomic E-state index is 12.3. The van der Waals surface area contributed by atoms with E-state index in [2.05, 4.69) is 19.0 Å². The van der Waals surface area contributed by atoms with E-state index in [-0.39, 0.29) is 18.3 Å². The molecule has 0 bridgehead atoms. The molecule has 0 unspecified atom stereocenters. The molecule has 2 N–H and O–H groups in total. The van der Waals surface area contributed by atoms with Crippen molar-refractivity contribution >= 4 is 24.0 Å². The zero-order valence-electron chi connectivity index (χ0n) is 11.5. The van der Waals surface area contributed by atoms with Gasteiger partial charge in [0.15, 0.2) is 0 Å². The van der Waals surface area contributed by atoms with Gasteiger partial charge in [-0.25, -0.2) is 0 Å². The molecule has 0 atom stereocenters. The van der Waals surface area contributed by atoms with E-state index in [1.165, 1.54) is 0 Å². The van der Waals surface area contributed by atoms with Gasteiger partial charge in [-0.2, -0.15) is 0 Å². The summed E-state index contributed by atoms with van der Waals surface area (Å²) in [5, 5.41) is 0. The van der Waals surface area contributed by atoms with Crippen molar-refractivity contribution in [3.05, 3.63) is 29.8 Å². The molecule has 1 aliphatic rings. The average Bonchev–Trinajstić information content (AvgIpc) is 2.39. The van der Waals surface area contributed by atoms with Crippen LogP contribution in [0.25, 0.3) is 0 Å². The third-order valence-electron chi connectivity index (χ3n) is 3.64. The smallest absolute Gasteiger partial charge is 0.253 e. The van der Waals surface area contributed by atoms with Crippen molar-refractivity contribution in [3.8, 4) is 0 Å². The summed E-state index contributed by atoms with van der Waals surface area (Å²) >= 11 is 0. The first kappa shape index (κ1) is 15.8. The van der Waals surface area contributed by atoms with Gasteiger partial charge in [0.1, 0.15) is 0 Å². The molecule has 1 amide bonds. The number of piperidine rings is 1. The van der Waals surface area contributed by atoms with Crippen LogP contribution in [0.5, 0.6) is 0 Å². The van der Waals surface area contributed by atoms with Crippen LogP contribution in [0.15, 0.2) is 24.3 Å². The monoisotopic (exact) mass is 283 g/mol. The zero-order valence-corrected chi connectivity index (χ0v) is 12.3. The fraction of sp³-hybridized carbons (Fsp3) is 0.500. The highest BCUT2D eigenvalue weighted by molar-refractivity contribution is 5.94. The number of carbonyl (C=O) groups is 1. The lowest BCUT2D eigenvalue weighted by atomic mass is 10.0. The van der Waals surface area contributed by atoms with Crippen LogP contribution in [0.4, 0.5) is 5.69 Å². The van der Waals surface area contributed by atoms with Gasteiger partial charge in [-0.1, -0.05) is 0 Å². The molecule has 0 aliphatic carbocycles. The van der Waals surface area contributed by atoms with Crippen LogP contribution in [0.1, 0.15) is 23.2 Å². The molecule has 1 aromatic carbocycles. The van der Waals surface area contributed by atoms with E-state index in [0.717, 1.165) is 31.5 Å². The third-order valence-corrected chi connectivity index (χ3v) is 3.64. The van der Waals surface area contributed by atoms with Crippen LogP contribution < -0.4 is 5.73 Å². The predicted octanol–water partition coefficient (Wildman–Crippen LogP) is 1.86. The lowest BCUT2D eigenvalue weighted by Gasteiger charge is -2.35. The molecular weight excluding hydrogens is 262 g/mol. The molecule has 1 heterocycles. The number of nitrogens with zero attached hydrogens (tertiary/aromatic N) is 2. The molecule has 1 aromatic rings. The lowest BCUT2D eigenvalue weighted by molar-refractivity contribution is 0.0663. The summed E-state index contributed by atoms with van der Waals surface area (Å²) in [6.07, 6.45) is 2.10. The number of rotatable bonds is 2. The third kappa shape index (κ3) is 3.85. The van der Waals surface area contributed by atoms with Crippen molar-refractivity contribution in [3.63, 3.8) is 0 Å². The van der Waals surface area contributed by atoms with E-state index in [0.29, 0.717) is 11.7 Å². The second kappa shape index (κ2) is 6.78. The molecule has 0 aromatic heterocycles. The van der Waals surface area contributed by atoms with Crippen molar-refractivity contribution in [1.29, 1.82) is 0 Å². The predicted molar refractivity (Wildman–Crippen MR) is 80.7 cm³/mol. The molecule has 0 saturated carbocycles. The van der Waals surface area contributed by atoms with E-state index < -0.39 is 0 Å². The van der Waals surface area contributed by atoms with Crippen molar-refractivity contribution in [1.82, 2.24) is 9.80 Å². The summed E-state index contributed by atoms with van der Waals surface area (Å²) in [6.45, 7) is 1.68. The van der Waals surface area contributed by atoms with Crippen molar-refractivity contribution in [2.45, 2.75) is 18.9 Å². The van der Waals surface area contributed by atoms with E-state index >= 15 is 0 Å². The molecule has 19 heavy (non-hydrogen) atoms. The summed E-state index contributed by atoms with van der Waals surface area (Å²) in [7, 11) is 4.20. The van der Waals surface area contributed by atoms with Gasteiger partial charge >= 0.3 is 0 Å². The standard InChI is InChI=1S/C14H21N3O.ClH/c1-16(2)13-7-9-17(10-8-13)14(18)11-3-5-12(15)6-4-11;/h3-6,13H,7-10,15H2,1-2H3;1H. The highest BCUT2D eigenvalue weighted by atomic mass is 35.5. The Bertz CT molecular complexity index is 411. The van der Waals surface area contributed by atoms with Gasteiger partial charge in [0.25, 0.3) is 5.91 Å². The van der Waals surface area contributed by atoms with Gasteiger partial charge in [0.05, 0.1) is 0 Å². The fourth-order valence-electron chi connectivity index (χ4n) is 2.39. The number of halogens is 1. The van der Waals surface area contributed by atoms with Gasteiger partial charge in [0.2, 0.25) is 0 Å². The lowest BCUT2D eigenvalue weighted by Crippen LogP contribution is -2.44. The Labute approximate surface area is 121 Å². The van der Waals surface area contributed by atoms with E-state index in [1.807, 2.05) is 4.90 Å². The van der Waals surface area contributed by atoms with Gasteiger partial charge in [0, 0.05) is 30.4 Å². The number of anilines is 1. The highest BCUT2D eigenvalue weighted by Crippen LogP contribution is 2.17. The molecule has 1 aliphatic heterocycles. The normalized spacial score (nSPS) is 16.3. The Hall–Kier alpha value is -1.26. The number of nitrogens with two attached hydrogens (primary N) is 1. The molecular formula is C14H22ClN3O. The quantitative estimate of drug-likeness (QED) is 0.843. The fourth-order valence-corrected chi connectivity index (χ4v) is 2.39. The average molecular weight is 284 g/mol. The van der Waals surface area contributed by atoms with Gasteiger partial charge in [-0.15, -0.1) is 12.4 Å². The van der Waals surface area contributed by atoms with Crippen LogP contribution in [-0.4, -0.2) is 48.9 Å². The number of carbonyl (C=O) groups excluding carboxylic acids is 1. The largest absolute Gasteiger partial charge is 0.399 e. The Balaban J connectivity index is 0.00000180. The summed E-state index contributed by atoms with van der Waals surface area (Å²) in [5.74, 6) is 0.118. The molecule has 4 nitrogen and oxygen atoms in total. The van der Waals surface area contributed by atoms with Gasteiger partial charge in [-0.05, 0) is 51.2 Å². The van der Waals surface area contributed by atoms with Crippen molar-refractivity contribution < 1.29 is 4.79 Å². The highest BCUT2D eigenvalue weighted by Gasteiger charge is 2.24. The first-order valence-corrected chi connectivity index (χ1v) is 6.39. The number of benzene rings is 1. The van der Waals surface area contributed by atoms with Crippen LogP contribution >= 0.6 is 12.4 Å². The first-order chi connectivity index (χ1) is 8.58. The molecule has 1 saturated heterocycles. The summed E-state index contributed by atoms with van der Waals surface area (Å²) in [6, 6.07) is 7.76. The molecule has 1 fully saturated rings. The minimum Gasteiger partial charge on any atom is -0.399 e. The van der Waals surface area contributed by atoms with Crippen molar-refractivity contribution in [2.24, 2.45) is 0 Å². The number of hydrogen-bond donors (Lipinski definition) is 1. The minimum absolute atomic E-state index is 0. The summed E-state index contributed by atoms with van der Waals surface area (Å²) in [4.78, 5) is 16.4. The number of amides is 1. The van der Waals surface area contributed by atoms with Crippen LogP contribution in [0.3, 0.4) is 0 Å². The molecule has 0 radical (unpaired) electrons. The summed E-state index contributed by atoms with van der Waals surface area (Å²) in [5.41, 5.74) is 7.05. The maximum Gasteiger partial charge on any atom is 0.253 e.